The van der Waals surface area contributed by atoms with Crippen molar-refractivity contribution in [2.45, 2.75) is 12.5 Å². The summed E-state index contributed by atoms with van der Waals surface area (Å²) in [5.41, 5.74) is 1.37. The van der Waals surface area contributed by atoms with E-state index < -0.39 is 0 Å². The molecular weight excluding hydrogens is 426 g/mol. The SMILES string of the molecule is COc1cc(CCl)cc(Br)c1OCc1ccc(Br)cc1F. The normalized spacial score (nSPS) is 10.5. The highest BCUT2D eigenvalue weighted by molar-refractivity contribution is 9.10. The summed E-state index contributed by atoms with van der Waals surface area (Å²) in [5, 5.41) is 0. The summed E-state index contributed by atoms with van der Waals surface area (Å²) in [6.07, 6.45) is 0. The molecule has 0 N–H and O–H groups in total. The number of hydrogen-bond donors (Lipinski definition) is 0. The molecular formula is C15H12Br2ClFO2. The summed E-state index contributed by atoms with van der Waals surface area (Å²) in [7, 11) is 1.55. The molecule has 2 nitrogen and oxygen atoms in total. The second-order valence-corrected chi connectivity index (χ2v) is 6.30. The lowest BCUT2D eigenvalue weighted by Gasteiger charge is -2.14. The van der Waals surface area contributed by atoms with E-state index in [4.69, 9.17) is 21.1 Å². The molecule has 112 valence electrons. The van der Waals surface area contributed by atoms with Gasteiger partial charge in [0.2, 0.25) is 0 Å². The molecule has 0 radical (unpaired) electrons. The lowest BCUT2D eigenvalue weighted by atomic mass is 10.2. The molecule has 6 heteroatoms. The standard InChI is InChI=1S/C15H12Br2ClFO2/c1-20-14-5-9(7-18)4-12(17)15(14)21-8-10-2-3-11(16)6-13(10)19/h2-6H,7-8H2,1H3. The molecule has 0 saturated heterocycles. The number of hydrogen-bond acceptors (Lipinski definition) is 2. The number of halogens is 4. The van der Waals surface area contributed by atoms with Gasteiger partial charge in [-0.2, -0.15) is 0 Å². The fourth-order valence-corrected chi connectivity index (χ4v) is 2.87. The quantitative estimate of drug-likeness (QED) is 0.560. The summed E-state index contributed by atoms with van der Waals surface area (Å²) in [5.74, 6) is 1.12. The zero-order chi connectivity index (χ0) is 15.4. The van der Waals surface area contributed by atoms with Gasteiger partial charge in [0, 0.05) is 15.9 Å². The smallest absolute Gasteiger partial charge is 0.175 e. The van der Waals surface area contributed by atoms with Crippen molar-refractivity contribution < 1.29 is 13.9 Å². The summed E-state index contributed by atoms with van der Waals surface area (Å²) in [6, 6.07) is 8.49. The second kappa shape index (κ2) is 7.47. The first-order valence-corrected chi connectivity index (χ1v) is 8.16. The van der Waals surface area contributed by atoms with Crippen LogP contribution in [0.3, 0.4) is 0 Å². The van der Waals surface area contributed by atoms with Gasteiger partial charge < -0.3 is 9.47 Å². The van der Waals surface area contributed by atoms with Crippen molar-refractivity contribution in [1.29, 1.82) is 0 Å². The van der Waals surface area contributed by atoms with E-state index in [9.17, 15) is 4.39 Å². The van der Waals surface area contributed by atoms with E-state index in [0.29, 0.717) is 27.4 Å². The minimum Gasteiger partial charge on any atom is -0.493 e. The summed E-state index contributed by atoms with van der Waals surface area (Å²) in [4.78, 5) is 0. The lowest BCUT2D eigenvalue weighted by Crippen LogP contribution is -2.01. The number of methoxy groups -OCH3 is 1. The molecule has 0 aliphatic heterocycles. The lowest BCUT2D eigenvalue weighted by molar-refractivity contribution is 0.277. The Balaban J connectivity index is 2.23. The van der Waals surface area contributed by atoms with Crippen molar-refractivity contribution in [1.82, 2.24) is 0 Å². The Morgan fingerprint density at radius 2 is 1.95 bits per heavy atom. The van der Waals surface area contributed by atoms with Gasteiger partial charge >= 0.3 is 0 Å². The largest absolute Gasteiger partial charge is 0.493 e. The van der Waals surface area contributed by atoms with E-state index in [-0.39, 0.29) is 12.4 Å². The average molecular weight is 439 g/mol. The van der Waals surface area contributed by atoms with Gasteiger partial charge in [-0.25, -0.2) is 4.39 Å². The molecule has 0 spiro atoms. The molecule has 0 aromatic heterocycles. The van der Waals surface area contributed by atoms with E-state index >= 15 is 0 Å². The summed E-state index contributed by atoms with van der Waals surface area (Å²) in [6.45, 7) is 0.105. The van der Waals surface area contributed by atoms with Gasteiger partial charge in [0.15, 0.2) is 11.5 Å². The van der Waals surface area contributed by atoms with E-state index in [1.807, 2.05) is 6.07 Å². The number of benzene rings is 2. The van der Waals surface area contributed by atoms with Crippen LogP contribution in [0.2, 0.25) is 0 Å². The molecule has 0 aliphatic rings. The summed E-state index contributed by atoms with van der Waals surface area (Å²) < 4.78 is 26.2. The molecule has 0 saturated carbocycles. The van der Waals surface area contributed by atoms with E-state index in [0.717, 1.165) is 10.0 Å². The van der Waals surface area contributed by atoms with Crippen LogP contribution >= 0.6 is 43.5 Å². The number of alkyl halides is 1. The Labute approximate surface area is 144 Å². The third kappa shape index (κ3) is 4.11. The van der Waals surface area contributed by atoms with Gasteiger partial charge in [0.1, 0.15) is 12.4 Å². The van der Waals surface area contributed by atoms with Gasteiger partial charge in [-0.15, -0.1) is 11.6 Å². The maximum atomic E-state index is 13.8. The fourth-order valence-electron chi connectivity index (χ4n) is 1.78. The van der Waals surface area contributed by atoms with Gasteiger partial charge in [0.25, 0.3) is 0 Å². The van der Waals surface area contributed by atoms with Crippen LogP contribution in [-0.4, -0.2) is 7.11 Å². The van der Waals surface area contributed by atoms with Crippen LogP contribution in [0.15, 0.2) is 39.3 Å². The Morgan fingerprint density at radius 1 is 1.19 bits per heavy atom. The maximum Gasteiger partial charge on any atom is 0.175 e. The molecule has 0 heterocycles. The van der Waals surface area contributed by atoms with Gasteiger partial charge in [0.05, 0.1) is 11.6 Å². The van der Waals surface area contributed by atoms with Crippen LogP contribution < -0.4 is 9.47 Å². The predicted molar refractivity (Wildman–Crippen MR) is 88.7 cm³/mol. The van der Waals surface area contributed by atoms with Gasteiger partial charge in [-0.1, -0.05) is 22.0 Å². The minimum atomic E-state index is -0.322. The average Bonchev–Trinajstić information content (AvgIpc) is 2.46. The molecule has 21 heavy (non-hydrogen) atoms. The first kappa shape index (κ1) is 16.6. The van der Waals surface area contributed by atoms with Gasteiger partial charge in [-0.3, -0.25) is 0 Å². The molecule has 2 aromatic rings. The van der Waals surface area contributed by atoms with E-state index in [2.05, 4.69) is 31.9 Å². The van der Waals surface area contributed by atoms with Crippen LogP contribution in [0, 0.1) is 5.82 Å². The molecule has 0 fully saturated rings. The van der Waals surface area contributed by atoms with Crippen molar-refractivity contribution >= 4 is 43.5 Å². The summed E-state index contributed by atoms with van der Waals surface area (Å²) >= 11 is 12.5. The third-order valence-corrected chi connectivity index (χ3v) is 4.22. The van der Waals surface area contributed by atoms with Crippen LogP contribution in [0.1, 0.15) is 11.1 Å². The first-order valence-electron chi connectivity index (χ1n) is 6.04. The van der Waals surface area contributed by atoms with Crippen LogP contribution in [0.4, 0.5) is 4.39 Å². The van der Waals surface area contributed by atoms with Crippen molar-refractivity contribution in [2.75, 3.05) is 7.11 Å². The van der Waals surface area contributed by atoms with Crippen LogP contribution in [0.25, 0.3) is 0 Å². The highest BCUT2D eigenvalue weighted by atomic mass is 79.9. The Morgan fingerprint density at radius 3 is 2.57 bits per heavy atom. The monoisotopic (exact) mass is 436 g/mol. The molecule has 0 unspecified atom stereocenters. The minimum absolute atomic E-state index is 0.105. The van der Waals surface area contributed by atoms with Crippen molar-refractivity contribution in [3.8, 4) is 11.5 Å². The third-order valence-electron chi connectivity index (χ3n) is 2.83. The van der Waals surface area contributed by atoms with E-state index in [1.54, 1.807) is 25.3 Å². The van der Waals surface area contributed by atoms with Gasteiger partial charge in [-0.05, 0) is 45.8 Å². The van der Waals surface area contributed by atoms with Crippen LogP contribution in [0.5, 0.6) is 11.5 Å². The second-order valence-electron chi connectivity index (χ2n) is 4.27. The molecule has 0 bridgehead atoms. The van der Waals surface area contributed by atoms with Crippen LogP contribution in [-0.2, 0) is 12.5 Å². The Kier molecular flexibility index (Phi) is 5.90. The van der Waals surface area contributed by atoms with Crippen molar-refractivity contribution in [3.63, 3.8) is 0 Å². The number of ether oxygens (including phenoxy) is 2. The number of rotatable bonds is 5. The zero-order valence-corrected chi connectivity index (χ0v) is 15.1. The predicted octanol–water partition coefficient (Wildman–Crippen LogP) is 5.68. The van der Waals surface area contributed by atoms with Crippen molar-refractivity contribution in [2.24, 2.45) is 0 Å². The highest BCUT2D eigenvalue weighted by Gasteiger charge is 2.13. The maximum absolute atomic E-state index is 13.8. The van der Waals surface area contributed by atoms with E-state index in [1.165, 1.54) is 6.07 Å². The molecule has 0 aliphatic carbocycles. The highest BCUT2D eigenvalue weighted by Crippen LogP contribution is 2.37. The molecule has 0 amide bonds. The Hall–Kier alpha value is -0.780. The fraction of sp³-hybridized carbons (Fsp3) is 0.200. The Bertz CT molecular complexity index is 650. The topological polar surface area (TPSA) is 18.5 Å². The first-order chi connectivity index (χ1) is 10.0. The molecule has 2 rings (SSSR count). The molecule has 0 atom stereocenters. The zero-order valence-electron chi connectivity index (χ0n) is 11.1. The van der Waals surface area contributed by atoms with Crippen molar-refractivity contribution in [3.05, 3.63) is 56.2 Å². The molecule has 2 aromatic carbocycles.